The highest BCUT2D eigenvalue weighted by Crippen LogP contribution is 2.23. The van der Waals surface area contributed by atoms with E-state index in [1.807, 2.05) is 0 Å². The zero-order chi connectivity index (χ0) is 11.5. The average molecular weight is 226 g/mol. The van der Waals surface area contributed by atoms with Crippen LogP contribution in [0.2, 0.25) is 0 Å². The maximum Gasteiger partial charge on any atom is 0.0707 e. The molecule has 3 nitrogen and oxygen atoms in total. The van der Waals surface area contributed by atoms with Crippen molar-refractivity contribution in [3.8, 4) is 0 Å². The van der Waals surface area contributed by atoms with Crippen molar-refractivity contribution in [2.24, 2.45) is 0 Å². The van der Waals surface area contributed by atoms with Gasteiger partial charge in [0.2, 0.25) is 0 Å². The Bertz CT molecular complexity index is 216. The van der Waals surface area contributed by atoms with Crippen LogP contribution in [-0.2, 0) is 4.74 Å². The van der Waals surface area contributed by atoms with Crippen LogP contribution in [0.5, 0.6) is 0 Å². The normalized spacial score (nSPS) is 30.6. The lowest BCUT2D eigenvalue weighted by molar-refractivity contribution is 0.0230. The van der Waals surface area contributed by atoms with Crippen LogP contribution in [0.3, 0.4) is 0 Å². The molecule has 3 heteroatoms. The molecule has 0 aromatic carbocycles. The predicted octanol–water partition coefficient (Wildman–Crippen LogP) is 1.63. The summed E-state index contributed by atoms with van der Waals surface area (Å²) in [6.07, 6.45) is 6.12. The summed E-state index contributed by atoms with van der Waals surface area (Å²) in [5.41, 5.74) is 0. The van der Waals surface area contributed by atoms with Gasteiger partial charge in [-0.15, -0.1) is 0 Å². The zero-order valence-electron chi connectivity index (χ0n) is 10.9. The molecular formula is C13H26N2O. The van der Waals surface area contributed by atoms with Gasteiger partial charge in [0.15, 0.2) is 0 Å². The summed E-state index contributed by atoms with van der Waals surface area (Å²) in [5.74, 6) is 0. The van der Waals surface area contributed by atoms with Crippen LogP contribution >= 0.6 is 0 Å². The third-order valence-corrected chi connectivity index (χ3v) is 3.78. The fraction of sp³-hybridized carbons (Fsp3) is 1.00. The van der Waals surface area contributed by atoms with Gasteiger partial charge in [-0.3, -0.25) is 0 Å². The lowest BCUT2D eigenvalue weighted by atomic mass is 10.2. The highest BCUT2D eigenvalue weighted by molar-refractivity contribution is 4.84. The first-order valence-corrected chi connectivity index (χ1v) is 6.74. The number of rotatable bonds is 6. The molecule has 2 aliphatic rings. The third-order valence-electron chi connectivity index (χ3n) is 3.78. The number of ether oxygens (including phenoxy) is 1. The van der Waals surface area contributed by atoms with Gasteiger partial charge in [-0.25, -0.2) is 0 Å². The van der Waals surface area contributed by atoms with Crippen LogP contribution < -0.4 is 5.32 Å². The van der Waals surface area contributed by atoms with Gasteiger partial charge in [-0.2, -0.15) is 0 Å². The van der Waals surface area contributed by atoms with Crippen molar-refractivity contribution < 1.29 is 4.74 Å². The van der Waals surface area contributed by atoms with E-state index in [-0.39, 0.29) is 0 Å². The summed E-state index contributed by atoms with van der Waals surface area (Å²) in [4.78, 5) is 2.38. The van der Waals surface area contributed by atoms with Crippen LogP contribution in [0.15, 0.2) is 0 Å². The predicted molar refractivity (Wildman–Crippen MR) is 66.7 cm³/mol. The van der Waals surface area contributed by atoms with Crippen LogP contribution in [0.1, 0.15) is 39.5 Å². The summed E-state index contributed by atoms with van der Waals surface area (Å²) in [5, 5.41) is 3.56. The van der Waals surface area contributed by atoms with E-state index in [1.165, 1.54) is 25.7 Å². The van der Waals surface area contributed by atoms with Gasteiger partial charge in [0.05, 0.1) is 12.2 Å². The Balaban J connectivity index is 1.62. The van der Waals surface area contributed by atoms with Crippen molar-refractivity contribution in [1.29, 1.82) is 0 Å². The maximum absolute atomic E-state index is 6.06. The number of hydrogen-bond acceptors (Lipinski definition) is 3. The van der Waals surface area contributed by atoms with E-state index in [0.29, 0.717) is 18.2 Å². The molecule has 2 atom stereocenters. The van der Waals surface area contributed by atoms with Crippen LogP contribution in [0, 0.1) is 0 Å². The number of nitrogens with zero attached hydrogens (tertiary/aromatic N) is 1. The molecule has 94 valence electrons. The van der Waals surface area contributed by atoms with Crippen molar-refractivity contribution in [3.63, 3.8) is 0 Å². The van der Waals surface area contributed by atoms with E-state index < -0.39 is 0 Å². The van der Waals surface area contributed by atoms with Gasteiger partial charge in [-0.05, 0) is 46.6 Å². The molecule has 0 radical (unpaired) electrons. The van der Waals surface area contributed by atoms with Crippen LogP contribution in [-0.4, -0.2) is 49.3 Å². The summed E-state index contributed by atoms with van der Waals surface area (Å²) < 4.78 is 6.06. The zero-order valence-corrected chi connectivity index (χ0v) is 10.9. The molecule has 0 aromatic heterocycles. The van der Waals surface area contributed by atoms with Crippen LogP contribution in [0.25, 0.3) is 0 Å². The van der Waals surface area contributed by atoms with Crippen molar-refractivity contribution >= 4 is 0 Å². The molecule has 0 amide bonds. The molecule has 16 heavy (non-hydrogen) atoms. The molecule has 2 unspecified atom stereocenters. The monoisotopic (exact) mass is 226 g/mol. The highest BCUT2D eigenvalue weighted by atomic mass is 16.5. The van der Waals surface area contributed by atoms with Gasteiger partial charge in [-0.1, -0.05) is 0 Å². The van der Waals surface area contributed by atoms with Gasteiger partial charge in [0.1, 0.15) is 0 Å². The molecule has 1 saturated carbocycles. The van der Waals surface area contributed by atoms with E-state index in [1.54, 1.807) is 0 Å². The lowest BCUT2D eigenvalue weighted by Gasteiger charge is -2.24. The van der Waals surface area contributed by atoms with Crippen LogP contribution in [0.4, 0.5) is 0 Å². The number of nitrogens with one attached hydrogen (secondary N) is 1. The summed E-state index contributed by atoms with van der Waals surface area (Å²) in [7, 11) is 2.18. The van der Waals surface area contributed by atoms with E-state index in [2.05, 4.69) is 31.1 Å². The average Bonchev–Trinajstić information content (AvgIpc) is 2.97. The smallest absolute Gasteiger partial charge is 0.0707 e. The summed E-state index contributed by atoms with van der Waals surface area (Å²) in [6.45, 7) is 6.62. The summed E-state index contributed by atoms with van der Waals surface area (Å²) >= 11 is 0. The lowest BCUT2D eigenvalue weighted by Crippen LogP contribution is -2.35. The topological polar surface area (TPSA) is 24.5 Å². The molecule has 1 heterocycles. The Kier molecular flexibility index (Phi) is 4.22. The van der Waals surface area contributed by atoms with Crippen molar-refractivity contribution in [3.05, 3.63) is 0 Å². The molecule has 1 aliphatic carbocycles. The van der Waals surface area contributed by atoms with Gasteiger partial charge < -0.3 is 15.0 Å². The molecule has 0 spiro atoms. The van der Waals surface area contributed by atoms with Gasteiger partial charge in [0.25, 0.3) is 0 Å². The number of likely N-dealkylation sites (N-methyl/N-ethyl adjacent to an activating group) is 1. The molecule has 1 aliphatic heterocycles. The second-order valence-electron chi connectivity index (χ2n) is 5.67. The van der Waals surface area contributed by atoms with Crippen molar-refractivity contribution in [1.82, 2.24) is 10.2 Å². The first kappa shape index (κ1) is 12.3. The summed E-state index contributed by atoms with van der Waals surface area (Å²) in [6, 6.07) is 1.42. The van der Waals surface area contributed by atoms with Gasteiger partial charge >= 0.3 is 0 Å². The minimum Gasteiger partial charge on any atom is -0.372 e. The van der Waals surface area contributed by atoms with Crippen molar-refractivity contribution in [2.45, 2.75) is 63.8 Å². The Morgan fingerprint density at radius 1 is 1.19 bits per heavy atom. The number of hydrogen-bond donors (Lipinski definition) is 1. The van der Waals surface area contributed by atoms with E-state index in [4.69, 9.17) is 4.74 Å². The molecule has 1 N–H and O–H groups in total. The Morgan fingerprint density at radius 3 is 2.50 bits per heavy atom. The second kappa shape index (κ2) is 5.48. The standard InChI is InChI=1S/C13H26N2O/c1-10(2)15(3)9-13-7-6-12(16-13)8-14-11-4-5-11/h10-14H,4-9H2,1-3H3. The Labute approximate surface area is 99.5 Å². The molecule has 0 bridgehead atoms. The minimum atomic E-state index is 0.457. The van der Waals surface area contributed by atoms with Gasteiger partial charge in [0, 0.05) is 25.2 Å². The SMILES string of the molecule is CC(C)N(C)CC1CCC(CNC2CC2)O1. The molecular weight excluding hydrogens is 200 g/mol. The molecule has 2 rings (SSSR count). The van der Waals surface area contributed by atoms with Crippen molar-refractivity contribution in [2.75, 3.05) is 20.1 Å². The largest absolute Gasteiger partial charge is 0.372 e. The first-order chi connectivity index (χ1) is 7.65. The fourth-order valence-corrected chi connectivity index (χ4v) is 2.18. The Hall–Kier alpha value is -0.120. The minimum absolute atomic E-state index is 0.457. The molecule has 1 saturated heterocycles. The van der Waals surface area contributed by atoms with E-state index in [9.17, 15) is 0 Å². The Morgan fingerprint density at radius 2 is 1.88 bits per heavy atom. The highest BCUT2D eigenvalue weighted by Gasteiger charge is 2.28. The quantitative estimate of drug-likeness (QED) is 0.745. The third kappa shape index (κ3) is 3.72. The van der Waals surface area contributed by atoms with E-state index >= 15 is 0 Å². The van der Waals surface area contributed by atoms with E-state index in [0.717, 1.165) is 19.1 Å². The molecule has 0 aromatic rings. The maximum atomic E-state index is 6.06. The second-order valence-corrected chi connectivity index (χ2v) is 5.67. The molecule has 2 fully saturated rings. The fourth-order valence-electron chi connectivity index (χ4n) is 2.18. The first-order valence-electron chi connectivity index (χ1n) is 6.74.